The fourth-order valence-corrected chi connectivity index (χ4v) is 1.96. The van der Waals surface area contributed by atoms with Gasteiger partial charge >= 0.3 is 0 Å². The summed E-state index contributed by atoms with van der Waals surface area (Å²) in [5, 5.41) is 0. The summed E-state index contributed by atoms with van der Waals surface area (Å²) in [7, 11) is 0. The molecule has 0 fully saturated rings. The van der Waals surface area contributed by atoms with Gasteiger partial charge in [-0.05, 0) is 42.6 Å². The maximum atomic E-state index is 5.16. The van der Waals surface area contributed by atoms with Gasteiger partial charge < -0.3 is 4.74 Å². The average Bonchev–Trinajstić information content (AvgIpc) is 2.33. The standard InChI is InChI=1S/C15H18O/c1-12-3-5-14(6-4-12)11-13(2)15-7-9-16-10-8-15/h3-9,13H,10-11H2,1-2H3/t13-/m0/s1. The minimum Gasteiger partial charge on any atom is -0.497 e. The van der Waals surface area contributed by atoms with Gasteiger partial charge in [-0.1, -0.05) is 36.8 Å². The summed E-state index contributed by atoms with van der Waals surface area (Å²) in [6, 6.07) is 8.79. The molecule has 1 heteroatoms. The van der Waals surface area contributed by atoms with Gasteiger partial charge in [0.25, 0.3) is 0 Å². The van der Waals surface area contributed by atoms with Crippen LogP contribution in [0.15, 0.2) is 48.3 Å². The Morgan fingerprint density at radius 2 is 2.00 bits per heavy atom. The zero-order chi connectivity index (χ0) is 11.4. The van der Waals surface area contributed by atoms with E-state index in [-0.39, 0.29) is 0 Å². The average molecular weight is 214 g/mol. The van der Waals surface area contributed by atoms with Crippen LogP contribution in [0.4, 0.5) is 0 Å². The molecular formula is C15H18O. The summed E-state index contributed by atoms with van der Waals surface area (Å²) < 4.78 is 5.16. The van der Waals surface area contributed by atoms with Crippen molar-refractivity contribution < 1.29 is 4.74 Å². The first-order valence-corrected chi connectivity index (χ1v) is 5.79. The van der Waals surface area contributed by atoms with E-state index in [1.165, 1.54) is 16.7 Å². The van der Waals surface area contributed by atoms with Gasteiger partial charge in [-0.2, -0.15) is 0 Å². The monoisotopic (exact) mass is 214 g/mol. The van der Waals surface area contributed by atoms with Crippen LogP contribution in [0.5, 0.6) is 0 Å². The Hall–Kier alpha value is -1.50. The van der Waals surface area contributed by atoms with Gasteiger partial charge in [0.2, 0.25) is 0 Å². The molecule has 0 amide bonds. The van der Waals surface area contributed by atoms with E-state index in [0.29, 0.717) is 12.5 Å². The predicted octanol–water partition coefficient (Wildman–Crippen LogP) is 3.64. The zero-order valence-corrected chi connectivity index (χ0v) is 9.94. The lowest BCUT2D eigenvalue weighted by molar-refractivity contribution is 0.282. The van der Waals surface area contributed by atoms with Crippen LogP contribution >= 0.6 is 0 Å². The molecule has 1 aliphatic heterocycles. The highest BCUT2D eigenvalue weighted by Gasteiger charge is 2.09. The van der Waals surface area contributed by atoms with Gasteiger partial charge in [0.05, 0.1) is 6.26 Å². The van der Waals surface area contributed by atoms with E-state index < -0.39 is 0 Å². The molecule has 16 heavy (non-hydrogen) atoms. The number of ether oxygens (including phenoxy) is 1. The zero-order valence-electron chi connectivity index (χ0n) is 9.94. The molecule has 0 unspecified atom stereocenters. The van der Waals surface area contributed by atoms with E-state index in [1.807, 2.05) is 0 Å². The van der Waals surface area contributed by atoms with Crippen LogP contribution in [0.1, 0.15) is 18.1 Å². The lowest BCUT2D eigenvalue weighted by Crippen LogP contribution is -2.05. The molecule has 0 aliphatic carbocycles. The minimum absolute atomic E-state index is 0.558. The largest absolute Gasteiger partial charge is 0.497 e. The number of rotatable bonds is 3. The molecule has 0 bridgehead atoms. The molecule has 0 radical (unpaired) electrons. The van der Waals surface area contributed by atoms with Gasteiger partial charge in [0.15, 0.2) is 0 Å². The van der Waals surface area contributed by atoms with Crippen molar-refractivity contribution in [2.24, 2.45) is 5.92 Å². The maximum absolute atomic E-state index is 5.16. The molecule has 1 aliphatic rings. The molecule has 0 saturated heterocycles. The van der Waals surface area contributed by atoms with Crippen LogP contribution in [0.25, 0.3) is 0 Å². The van der Waals surface area contributed by atoms with Crippen LogP contribution in [0, 0.1) is 12.8 Å². The molecule has 0 spiro atoms. The smallest absolute Gasteiger partial charge is 0.106 e. The number of benzene rings is 1. The minimum atomic E-state index is 0.558. The van der Waals surface area contributed by atoms with Gasteiger partial charge in [0.1, 0.15) is 6.61 Å². The van der Waals surface area contributed by atoms with Crippen molar-refractivity contribution >= 4 is 0 Å². The molecule has 0 N–H and O–H groups in total. The first-order valence-electron chi connectivity index (χ1n) is 5.79. The number of hydrogen-bond acceptors (Lipinski definition) is 1. The Kier molecular flexibility index (Phi) is 3.45. The van der Waals surface area contributed by atoms with Crippen molar-refractivity contribution in [3.8, 4) is 0 Å². The molecular weight excluding hydrogens is 196 g/mol. The molecule has 1 aromatic carbocycles. The second-order valence-corrected chi connectivity index (χ2v) is 4.43. The highest BCUT2D eigenvalue weighted by Crippen LogP contribution is 2.20. The van der Waals surface area contributed by atoms with Crippen molar-refractivity contribution in [3.63, 3.8) is 0 Å². The van der Waals surface area contributed by atoms with Crippen molar-refractivity contribution in [1.82, 2.24) is 0 Å². The third kappa shape index (κ3) is 2.75. The Balaban J connectivity index is 2.01. The van der Waals surface area contributed by atoms with E-state index in [4.69, 9.17) is 4.74 Å². The molecule has 84 valence electrons. The Morgan fingerprint density at radius 1 is 1.25 bits per heavy atom. The van der Waals surface area contributed by atoms with Crippen LogP contribution in [0.3, 0.4) is 0 Å². The molecule has 1 nitrogen and oxygen atoms in total. The van der Waals surface area contributed by atoms with Crippen LogP contribution in [0.2, 0.25) is 0 Å². The summed E-state index contributed by atoms with van der Waals surface area (Å²) in [4.78, 5) is 0. The van der Waals surface area contributed by atoms with E-state index in [9.17, 15) is 0 Å². The number of allylic oxidation sites excluding steroid dienone is 2. The molecule has 0 aromatic heterocycles. The lowest BCUT2D eigenvalue weighted by Gasteiger charge is -2.16. The topological polar surface area (TPSA) is 9.23 Å². The van der Waals surface area contributed by atoms with Gasteiger partial charge in [0, 0.05) is 0 Å². The molecule has 1 aromatic rings. The summed E-state index contributed by atoms with van der Waals surface area (Å²) in [5.74, 6) is 0.558. The number of hydrogen-bond donors (Lipinski definition) is 0. The summed E-state index contributed by atoms with van der Waals surface area (Å²) in [6.07, 6.45) is 7.12. The first kappa shape index (κ1) is 11.0. The van der Waals surface area contributed by atoms with E-state index in [0.717, 1.165) is 6.42 Å². The van der Waals surface area contributed by atoms with Crippen LogP contribution in [-0.4, -0.2) is 6.61 Å². The lowest BCUT2D eigenvalue weighted by atomic mass is 9.92. The summed E-state index contributed by atoms with van der Waals surface area (Å²) in [5.41, 5.74) is 4.10. The highest BCUT2D eigenvalue weighted by atomic mass is 16.5. The number of aryl methyl sites for hydroxylation is 1. The Bertz CT molecular complexity index is 398. The molecule has 1 atom stereocenters. The quantitative estimate of drug-likeness (QED) is 0.746. The molecule has 2 rings (SSSR count). The Labute approximate surface area is 97.4 Å². The van der Waals surface area contributed by atoms with Crippen molar-refractivity contribution in [1.29, 1.82) is 0 Å². The molecule has 0 saturated carbocycles. The molecule has 1 heterocycles. The van der Waals surface area contributed by atoms with E-state index in [2.05, 4.69) is 50.3 Å². The maximum Gasteiger partial charge on any atom is 0.106 e. The third-order valence-corrected chi connectivity index (χ3v) is 3.00. The summed E-state index contributed by atoms with van der Waals surface area (Å²) >= 11 is 0. The SMILES string of the molecule is Cc1ccc(C[C@H](C)C2=CCOC=C2)cc1. The fourth-order valence-electron chi connectivity index (χ4n) is 1.96. The van der Waals surface area contributed by atoms with Gasteiger partial charge in [-0.15, -0.1) is 0 Å². The van der Waals surface area contributed by atoms with Gasteiger partial charge in [-0.3, -0.25) is 0 Å². The van der Waals surface area contributed by atoms with Crippen LogP contribution < -0.4 is 0 Å². The predicted molar refractivity (Wildman–Crippen MR) is 67.2 cm³/mol. The second-order valence-electron chi connectivity index (χ2n) is 4.43. The fraction of sp³-hybridized carbons (Fsp3) is 0.333. The van der Waals surface area contributed by atoms with Crippen molar-refractivity contribution in [3.05, 3.63) is 59.4 Å². The van der Waals surface area contributed by atoms with E-state index >= 15 is 0 Å². The van der Waals surface area contributed by atoms with Crippen molar-refractivity contribution in [2.45, 2.75) is 20.3 Å². The first-order chi connectivity index (χ1) is 7.75. The van der Waals surface area contributed by atoms with E-state index in [1.54, 1.807) is 6.26 Å². The highest BCUT2D eigenvalue weighted by molar-refractivity contribution is 5.27. The normalized spacial score (nSPS) is 16.5. The summed E-state index contributed by atoms with van der Waals surface area (Å²) in [6.45, 7) is 5.10. The third-order valence-electron chi connectivity index (χ3n) is 3.00. The van der Waals surface area contributed by atoms with Crippen molar-refractivity contribution in [2.75, 3.05) is 6.61 Å². The Morgan fingerprint density at radius 3 is 2.62 bits per heavy atom. The second kappa shape index (κ2) is 5.02. The van der Waals surface area contributed by atoms with Crippen LogP contribution in [-0.2, 0) is 11.2 Å². The van der Waals surface area contributed by atoms with Gasteiger partial charge in [-0.25, -0.2) is 0 Å².